The highest BCUT2D eigenvalue weighted by Crippen LogP contribution is 2.24. The Morgan fingerprint density at radius 2 is 1.74 bits per heavy atom. The van der Waals surface area contributed by atoms with Crippen molar-refractivity contribution >= 4 is 24.5 Å². The molecule has 0 aliphatic heterocycles. The van der Waals surface area contributed by atoms with Crippen molar-refractivity contribution in [3.63, 3.8) is 0 Å². The summed E-state index contributed by atoms with van der Waals surface area (Å²) in [6.45, 7) is 7.17. The molecule has 0 unspecified atom stereocenters. The van der Waals surface area contributed by atoms with Crippen LogP contribution >= 0.6 is 12.6 Å². The number of nitrogens with one attached hydrogen (secondary N) is 1. The fraction of sp³-hybridized carbons (Fsp3) is 0.407. The maximum atomic E-state index is 12.7. The van der Waals surface area contributed by atoms with E-state index in [1.165, 1.54) is 0 Å². The fourth-order valence-electron chi connectivity index (χ4n) is 4.13. The van der Waals surface area contributed by atoms with Gasteiger partial charge in [0, 0.05) is 18.1 Å². The van der Waals surface area contributed by atoms with E-state index in [0.717, 1.165) is 36.2 Å². The van der Waals surface area contributed by atoms with E-state index in [4.69, 9.17) is 0 Å². The average Bonchev–Trinajstić information content (AvgIpc) is 3.22. The predicted molar refractivity (Wildman–Crippen MR) is 141 cm³/mol. The second kappa shape index (κ2) is 12.5. The van der Waals surface area contributed by atoms with Crippen molar-refractivity contribution in [2.24, 2.45) is 11.8 Å². The van der Waals surface area contributed by atoms with Gasteiger partial charge < -0.3 is 15.0 Å². The first-order valence-electron chi connectivity index (χ1n) is 12.0. The summed E-state index contributed by atoms with van der Waals surface area (Å²) in [6, 6.07) is 14.8. The van der Waals surface area contributed by atoms with E-state index >= 15 is 0 Å². The standard InChI is InChI=1S/C27H34N4O3S/c1-4-7-24-29-30-25(15-28-26(32)21(17-35)14-18(2)3)31(24)16-19-10-12-20(13-11-19)22-8-5-6-9-23(22)27(33)34/h5-6,8-13,18,21,35H,4,7,14-17H2,1-3H3,(H,28,32)(H,33,34)/t21-/m0/s1. The Balaban J connectivity index is 1.78. The minimum atomic E-state index is -0.946. The summed E-state index contributed by atoms with van der Waals surface area (Å²) in [4.78, 5) is 24.3. The molecule has 0 aliphatic rings. The molecule has 7 nitrogen and oxygen atoms in total. The zero-order valence-electron chi connectivity index (χ0n) is 20.6. The molecule has 1 atom stereocenters. The maximum Gasteiger partial charge on any atom is 0.336 e. The van der Waals surface area contributed by atoms with Crippen LogP contribution in [0.1, 0.15) is 61.2 Å². The SMILES string of the molecule is CCCc1nnc(CNC(=O)[C@H](CS)CC(C)C)n1Cc1ccc(-c2ccccc2C(=O)O)cc1. The Bertz CT molecular complexity index is 1140. The summed E-state index contributed by atoms with van der Waals surface area (Å²) >= 11 is 4.35. The summed E-state index contributed by atoms with van der Waals surface area (Å²) in [6.07, 6.45) is 2.52. The highest BCUT2D eigenvalue weighted by Gasteiger charge is 2.20. The van der Waals surface area contributed by atoms with E-state index in [1.807, 2.05) is 36.4 Å². The first-order valence-corrected chi connectivity index (χ1v) is 12.7. The van der Waals surface area contributed by atoms with Gasteiger partial charge in [0.05, 0.1) is 18.7 Å². The second-order valence-corrected chi connectivity index (χ2v) is 9.51. The van der Waals surface area contributed by atoms with Crippen LogP contribution in [0.25, 0.3) is 11.1 Å². The summed E-state index contributed by atoms with van der Waals surface area (Å²) in [5.41, 5.74) is 2.85. The number of thiol groups is 1. The zero-order chi connectivity index (χ0) is 25.4. The highest BCUT2D eigenvalue weighted by molar-refractivity contribution is 7.80. The largest absolute Gasteiger partial charge is 0.478 e. The number of aromatic carboxylic acids is 1. The maximum absolute atomic E-state index is 12.7. The molecule has 0 spiro atoms. The molecular weight excluding hydrogens is 460 g/mol. The number of carbonyl (C=O) groups is 2. The van der Waals surface area contributed by atoms with Crippen molar-refractivity contribution < 1.29 is 14.7 Å². The molecular formula is C27H34N4O3S. The molecule has 0 saturated heterocycles. The van der Waals surface area contributed by atoms with Crippen molar-refractivity contribution in [2.45, 2.75) is 53.1 Å². The molecule has 3 aromatic rings. The van der Waals surface area contributed by atoms with Crippen molar-refractivity contribution in [1.29, 1.82) is 0 Å². The van der Waals surface area contributed by atoms with Gasteiger partial charge in [-0.3, -0.25) is 4.79 Å². The Hall–Kier alpha value is -3.13. The Kier molecular flexibility index (Phi) is 9.48. The van der Waals surface area contributed by atoms with Crippen molar-refractivity contribution in [3.05, 3.63) is 71.3 Å². The molecule has 8 heteroatoms. The molecule has 35 heavy (non-hydrogen) atoms. The molecule has 1 aromatic heterocycles. The highest BCUT2D eigenvalue weighted by atomic mass is 32.1. The van der Waals surface area contributed by atoms with E-state index in [1.54, 1.807) is 12.1 Å². The van der Waals surface area contributed by atoms with Crippen LogP contribution in [0.5, 0.6) is 0 Å². The molecule has 0 saturated carbocycles. The number of carboxylic acid groups (broad SMARTS) is 1. The zero-order valence-corrected chi connectivity index (χ0v) is 21.5. The molecule has 0 fully saturated rings. The lowest BCUT2D eigenvalue weighted by molar-refractivity contribution is -0.125. The van der Waals surface area contributed by atoms with E-state index in [0.29, 0.717) is 36.1 Å². The Labute approximate surface area is 212 Å². The monoisotopic (exact) mass is 494 g/mol. The van der Waals surface area contributed by atoms with Gasteiger partial charge in [-0.15, -0.1) is 10.2 Å². The smallest absolute Gasteiger partial charge is 0.336 e. The lowest BCUT2D eigenvalue weighted by atomic mass is 9.98. The van der Waals surface area contributed by atoms with Crippen LogP contribution in [0, 0.1) is 11.8 Å². The van der Waals surface area contributed by atoms with Gasteiger partial charge in [-0.1, -0.05) is 63.2 Å². The Morgan fingerprint density at radius 1 is 1.06 bits per heavy atom. The summed E-state index contributed by atoms with van der Waals surface area (Å²) in [7, 11) is 0. The van der Waals surface area contributed by atoms with Gasteiger partial charge in [-0.05, 0) is 41.5 Å². The van der Waals surface area contributed by atoms with Gasteiger partial charge in [0.1, 0.15) is 5.82 Å². The van der Waals surface area contributed by atoms with Crippen LogP contribution in [-0.2, 0) is 24.3 Å². The van der Waals surface area contributed by atoms with Crippen LogP contribution in [0.3, 0.4) is 0 Å². The predicted octanol–water partition coefficient (Wildman–Crippen LogP) is 4.85. The molecule has 1 heterocycles. The first kappa shape index (κ1) is 26.5. The third-order valence-corrected chi connectivity index (χ3v) is 6.35. The Morgan fingerprint density at radius 3 is 2.37 bits per heavy atom. The molecule has 2 aromatic carbocycles. The lowest BCUT2D eigenvalue weighted by Gasteiger charge is -2.17. The van der Waals surface area contributed by atoms with E-state index in [2.05, 4.69) is 53.5 Å². The van der Waals surface area contributed by atoms with Crippen LogP contribution in [0.2, 0.25) is 0 Å². The fourth-order valence-corrected chi connectivity index (χ4v) is 4.45. The number of carboxylic acids is 1. The van der Waals surface area contributed by atoms with Crippen LogP contribution in [0.15, 0.2) is 48.5 Å². The van der Waals surface area contributed by atoms with Crippen molar-refractivity contribution in [1.82, 2.24) is 20.1 Å². The molecule has 186 valence electrons. The van der Waals surface area contributed by atoms with Crippen LogP contribution in [-0.4, -0.2) is 37.5 Å². The van der Waals surface area contributed by atoms with E-state index < -0.39 is 5.97 Å². The number of hydrogen-bond donors (Lipinski definition) is 3. The number of amides is 1. The van der Waals surface area contributed by atoms with Gasteiger partial charge in [-0.2, -0.15) is 12.6 Å². The van der Waals surface area contributed by atoms with Gasteiger partial charge in [-0.25, -0.2) is 4.79 Å². The van der Waals surface area contributed by atoms with Crippen molar-refractivity contribution in [2.75, 3.05) is 5.75 Å². The molecule has 3 rings (SSSR count). The van der Waals surface area contributed by atoms with Crippen LogP contribution < -0.4 is 5.32 Å². The summed E-state index contributed by atoms with van der Waals surface area (Å²) in [5.74, 6) is 1.43. The second-order valence-electron chi connectivity index (χ2n) is 9.14. The molecule has 2 N–H and O–H groups in total. The molecule has 0 bridgehead atoms. The number of nitrogens with zero attached hydrogens (tertiary/aromatic N) is 3. The molecule has 0 aliphatic carbocycles. The summed E-state index contributed by atoms with van der Waals surface area (Å²) in [5, 5.41) is 21.2. The first-order chi connectivity index (χ1) is 16.8. The summed E-state index contributed by atoms with van der Waals surface area (Å²) < 4.78 is 2.06. The number of aryl methyl sites for hydroxylation is 1. The van der Waals surface area contributed by atoms with Crippen molar-refractivity contribution in [3.8, 4) is 11.1 Å². The van der Waals surface area contributed by atoms with Crippen LogP contribution in [0.4, 0.5) is 0 Å². The van der Waals surface area contributed by atoms with Gasteiger partial charge in [0.15, 0.2) is 5.82 Å². The normalized spacial score (nSPS) is 12.0. The van der Waals surface area contributed by atoms with E-state index in [9.17, 15) is 14.7 Å². The minimum absolute atomic E-state index is 0.0123. The quantitative estimate of drug-likeness (QED) is 0.313. The third kappa shape index (κ3) is 6.94. The molecule has 1 amide bonds. The number of rotatable bonds is 12. The van der Waals surface area contributed by atoms with Gasteiger partial charge in [0.25, 0.3) is 0 Å². The number of hydrogen-bond acceptors (Lipinski definition) is 5. The number of aromatic nitrogens is 3. The topological polar surface area (TPSA) is 97.1 Å². The minimum Gasteiger partial charge on any atom is -0.478 e. The lowest BCUT2D eigenvalue weighted by Crippen LogP contribution is -2.33. The van der Waals surface area contributed by atoms with E-state index in [-0.39, 0.29) is 17.4 Å². The number of carbonyl (C=O) groups excluding carboxylic acids is 1. The molecule has 0 radical (unpaired) electrons. The van der Waals surface area contributed by atoms with Gasteiger partial charge in [0.2, 0.25) is 5.91 Å². The van der Waals surface area contributed by atoms with Gasteiger partial charge >= 0.3 is 5.97 Å². The average molecular weight is 495 g/mol. The third-order valence-electron chi connectivity index (χ3n) is 5.91. The number of benzene rings is 2.